The van der Waals surface area contributed by atoms with Gasteiger partial charge in [0.25, 0.3) is 0 Å². The molecule has 0 radical (unpaired) electrons. The molecule has 0 aliphatic carbocycles. The van der Waals surface area contributed by atoms with Crippen LogP contribution >= 0.6 is 11.6 Å². The van der Waals surface area contributed by atoms with E-state index < -0.39 is 0 Å². The number of hydrogen-bond acceptors (Lipinski definition) is 4. The molecule has 1 aliphatic heterocycles. The number of anilines is 1. The van der Waals surface area contributed by atoms with Crippen LogP contribution in [0.4, 0.5) is 10.1 Å². The molecule has 0 saturated carbocycles. The van der Waals surface area contributed by atoms with Crippen LogP contribution in [0.3, 0.4) is 0 Å². The van der Waals surface area contributed by atoms with E-state index in [9.17, 15) is 14.0 Å². The van der Waals surface area contributed by atoms with Gasteiger partial charge < -0.3 is 15.0 Å². The fourth-order valence-electron chi connectivity index (χ4n) is 3.97. The highest BCUT2D eigenvalue weighted by Gasteiger charge is 2.31. The van der Waals surface area contributed by atoms with Crippen LogP contribution in [0.5, 0.6) is 5.75 Å². The third-order valence-corrected chi connectivity index (χ3v) is 6.03. The summed E-state index contributed by atoms with van der Waals surface area (Å²) in [6.07, 6.45) is 3.17. The molecule has 176 valence electrons. The number of rotatable bonds is 6. The third-order valence-electron chi connectivity index (χ3n) is 5.74. The minimum atomic E-state index is -0.248. The first-order valence-corrected chi connectivity index (χ1v) is 11.2. The molecule has 33 heavy (non-hydrogen) atoms. The van der Waals surface area contributed by atoms with Crippen molar-refractivity contribution in [2.75, 3.05) is 25.5 Å². The molecule has 1 heterocycles. The first kappa shape index (κ1) is 24.7. The zero-order chi connectivity index (χ0) is 24.1. The van der Waals surface area contributed by atoms with Gasteiger partial charge in [0.15, 0.2) is 0 Å². The quantitative estimate of drug-likeness (QED) is 0.624. The van der Waals surface area contributed by atoms with Crippen LogP contribution in [-0.2, 0) is 16.1 Å². The number of nitrogens with one attached hydrogen (secondary N) is 1. The molecule has 0 aromatic heterocycles. The van der Waals surface area contributed by atoms with Gasteiger partial charge >= 0.3 is 0 Å². The summed E-state index contributed by atoms with van der Waals surface area (Å²) in [5.74, 6) is -0.146. The maximum absolute atomic E-state index is 13.2. The molecule has 1 N–H and O–H groups in total. The number of amides is 2. The number of carbonyl (C=O) groups is 2. The van der Waals surface area contributed by atoms with E-state index in [0.29, 0.717) is 41.7 Å². The molecule has 6 nitrogen and oxygen atoms in total. The molecule has 8 heteroatoms. The summed E-state index contributed by atoms with van der Waals surface area (Å²) < 4.78 is 18.5. The SMILES string of the molecule is COc1cc(C=CC(=O)N2C[C@H](C)N(Cc3ccc(F)cc3)C[C@H]2C)c(NC(C)=O)cc1Cl. The van der Waals surface area contributed by atoms with E-state index in [1.807, 2.05) is 11.8 Å². The number of nitrogens with zero attached hydrogens (tertiary/aromatic N) is 2. The lowest BCUT2D eigenvalue weighted by molar-refractivity contribution is -0.131. The molecule has 2 aromatic rings. The van der Waals surface area contributed by atoms with Crippen molar-refractivity contribution in [3.8, 4) is 5.75 Å². The standard InChI is InChI=1S/C25H29ClFN3O3/c1-16-14-30(17(2)13-29(16)15-19-5-8-21(27)9-6-19)25(32)10-7-20-11-24(33-4)22(26)12-23(20)28-18(3)31/h5-12,16-17H,13-15H2,1-4H3,(H,28,31)/t16-,17+/m0/s1. The Morgan fingerprint density at radius 1 is 1.18 bits per heavy atom. The van der Waals surface area contributed by atoms with Crippen molar-refractivity contribution < 1.29 is 18.7 Å². The average molecular weight is 474 g/mol. The summed E-state index contributed by atoms with van der Waals surface area (Å²) >= 11 is 6.19. The molecule has 2 aromatic carbocycles. The summed E-state index contributed by atoms with van der Waals surface area (Å²) in [5, 5.41) is 3.10. The Morgan fingerprint density at radius 2 is 1.88 bits per heavy atom. The maximum atomic E-state index is 13.2. The minimum Gasteiger partial charge on any atom is -0.495 e. The molecule has 1 fully saturated rings. The Hall–Kier alpha value is -2.90. The Labute approximate surface area is 199 Å². The van der Waals surface area contributed by atoms with Crippen molar-refractivity contribution in [2.24, 2.45) is 0 Å². The van der Waals surface area contributed by atoms with Crippen molar-refractivity contribution in [1.82, 2.24) is 9.80 Å². The maximum Gasteiger partial charge on any atom is 0.246 e. The van der Waals surface area contributed by atoms with Gasteiger partial charge in [-0.2, -0.15) is 0 Å². The Kier molecular flexibility index (Phi) is 8.10. The first-order chi connectivity index (χ1) is 15.7. The fourth-order valence-corrected chi connectivity index (χ4v) is 4.21. The number of carbonyl (C=O) groups excluding carboxylic acids is 2. The number of benzene rings is 2. The molecule has 2 atom stereocenters. The smallest absolute Gasteiger partial charge is 0.246 e. The van der Waals surface area contributed by atoms with Crippen molar-refractivity contribution >= 4 is 35.2 Å². The van der Waals surface area contributed by atoms with Crippen LogP contribution in [0, 0.1) is 5.82 Å². The van der Waals surface area contributed by atoms with Gasteiger partial charge in [0.2, 0.25) is 11.8 Å². The largest absolute Gasteiger partial charge is 0.495 e. The summed E-state index contributed by atoms with van der Waals surface area (Å²) in [6, 6.07) is 9.96. The second-order valence-electron chi connectivity index (χ2n) is 8.33. The molecule has 0 bridgehead atoms. The molecule has 1 saturated heterocycles. The van der Waals surface area contributed by atoms with E-state index in [2.05, 4.69) is 17.1 Å². The molecular weight excluding hydrogens is 445 g/mol. The van der Waals surface area contributed by atoms with E-state index >= 15 is 0 Å². The van der Waals surface area contributed by atoms with Gasteiger partial charge in [-0.05, 0) is 49.8 Å². The average Bonchev–Trinajstić information content (AvgIpc) is 2.76. The lowest BCUT2D eigenvalue weighted by Gasteiger charge is -2.44. The molecular formula is C25H29ClFN3O3. The van der Waals surface area contributed by atoms with Gasteiger partial charge in [-0.15, -0.1) is 0 Å². The van der Waals surface area contributed by atoms with Crippen LogP contribution in [0.1, 0.15) is 31.9 Å². The molecule has 3 rings (SSSR count). The van der Waals surface area contributed by atoms with E-state index in [4.69, 9.17) is 16.3 Å². The lowest BCUT2D eigenvalue weighted by Crippen LogP contribution is -2.57. The predicted octanol–water partition coefficient (Wildman–Crippen LogP) is 4.58. The lowest BCUT2D eigenvalue weighted by atomic mass is 10.1. The van der Waals surface area contributed by atoms with Gasteiger partial charge in [-0.1, -0.05) is 23.7 Å². The van der Waals surface area contributed by atoms with Gasteiger partial charge in [-0.25, -0.2) is 4.39 Å². The van der Waals surface area contributed by atoms with E-state index in [0.717, 1.165) is 5.56 Å². The summed E-state index contributed by atoms with van der Waals surface area (Å²) in [4.78, 5) is 28.7. The highest BCUT2D eigenvalue weighted by Crippen LogP contribution is 2.32. The van der Waals surface area contributed by atoms with Crippen LogP contribution < -0.4 is 10.1 Å². The van der Waals surface area contributed by atoms with Gasteiger partial charge in [0, 0.05) is 56.0 Å². The number of halogens is 2. The van der Waals surface area contributed by atoms with Gasteiger partial charge in [-0.3, -0.25) is 14.5 Å². The molecule has 0 spiro atoms. The van der Waals surface area contributed by atoms with Crippen LogP contribution in [0.25, 0.3) is 6.08 Å². The van der Waals surface area contributed by atoms with E-state index in [1.165, 1.54) is 32.2 Å². The normalized spacial score (nSPS) is 19.0. The van der Waals surface area contributed by atoms with E-state index in [-0.39, 0.29) is 29.7 Å². The molecule has 1 aliphatic rings. The van der Waals surface area contributed by atoms with Crippen molar-refractivity contribution in [2.45, 2.75) is 39.4 Å². The minimum absolute atomic E-state index is 0.00775. The van der Waals surface area contributed by atoms with Crippen LogP contribution in [0.2, 0.25) is 5.02 Å². The topological polar surface area (TPSA) is 61.9 Å². The molecule has 2 amide bonds. The summed E-state index contributed by atoms with van der Waals surface area (Å²) in [7, 11) is 1.51. The van der Waals surface area contributed by atoms with Crippen molar-refractivity contribution in [3.05, 3.63) is 64.4 Å². The van der Waals surface area contributed by atoms with E-state index in [1.54, 1.807) is 30.3 Å². The van der Waals surface area contributed by atoms with Gasteiger partial charge in [0.05, 0.1) is 12.1 Å². The summed E-state index contributed by atoms with van der Waals surface area (Å²) in [5.41, 5.74) is 2.16. The molecule has 0 unspecified atom stereocenters. The second kappa shape index (κ2) is 10.8. The number of methoxy groups -OCH3 is 1. The van der Waals surface area contributed by atoms with Crippen molar-refractivity contribution in [1.29, 1.82) is 0 Å². The van der Waals surface area contributed by atoms with Gasteiger partial charge in [0.1, 0.15) is 11.6 Å². The Balaban J connectivity index is 1.71. The number of piperazine rings is 1. The monoisotopic (exact) mass is 473 g/mol. The highest BCUT2D eigenvalue weighted by atomic mass is 35.5. The first-order valence-electron chi connectivity index (χ1n) is 10.8. The third kappa shape index (κ3) is 6.33. The fraction of sp³-hybridized carbons (Fsp3) is 0.360. The van der Waals surface area contributed by atoms with Crippen LogP contribution in [-0.4, -0.2) is 53.9 Å². The predicted molar refractivity (Wildman–Crippen MR) is 129 cm³/mol. The highest BCUT2D eigenvalue weighted by molar-refractivity contribution is 6.32. The summed E-state index contributed by atoms with van der Waals surface area (Å²) in [6.45, 7) is 7.50. The number of hydrogen-bond donors (Lipinski definition) is 1. The Morgan fingerprint density at radius 3 is 2.52 bits per heavy atom. The number of ether oxygens (including phenoxy) is 1. The Bertz CT molecular complexity index is 1040. The zero-order valence-corrected chi connectivity index (χ0v) is 20.0. The zero-order valence-electron chi connectivity index (χ0n) is 19.3. The van der Waals surface area contributed by atoms with Crippen molar-refractivity contribution in [3.63, 3.8) is 0 Å². The van der Waals surface area contributed by atoms with Crippen LogP contribution in [0.15, 0.2) is 42.5 Å². The second-order valence-corrected chi connectivity index (χ2v) is 8.74.